The predicted molar refractivity (Wildman–Crippen MR) is 81.2 cm³/mol. The van der Waals surface area contributed by atoms with Gasteiger partial charge in [0.25, 0.3) is 0 Å². The summed E-state index contributed by atoms with van der Waals surface area (Å²) in [7, 11) is 0. The number of amides is 1. The van der Waals surface area contributed by atoms with Gasteiger partial charge in [0, 0.05) is 21.2 Å². The van der Waals surface area contributed by atoms with Crippen molar-refractivity contribution in [3.8, 4) is 0 Å². The van der Waals surface area contributed by atoms with Gasteiger partial charge in [-0.3, -0.25) is 4.79 Å². The number of rotatable bonds is 2. The number of anilines is 1. The lowest BCUT2D eigenvalue weighted by Crippen LogP contribution is -1.96. The Hall–Kier alpha value is -1.77. The molecule has 1 N–H and O–H groups in total. The van der Waals surface area contributed by atoms with Crippen LogP contribution in [0.15, 0.2) is 42.5 Å². The molecule has 1 amide bonds. The maximum Gasteiger partial charge on any atom is 0.211 e. The van der Waals surface area contributed by atoms with Crippen LogP contribution in [0.3, 0.4) is 0 Å². The van der Waals surface area contributed by atoms with Crippen molar-refractivity contribution in [2.24, 2.45) is 0 Å². The Bertz CT molecular complexity index is 799. The summed E-state index contributed by atoms with van der Waals surface area (Å²) in [5, 5.41) is 7.52. The zero-order valence-electron chi connectivity index (χ0n) is 9.78. The van der Waals surface area contributed by atoms with Gasteiger partial charge in [-0.05, 0) is 23.6 Å². The van der Waals surface area contributed by atoms with Gasteiger partial charge >= 0.3 is 0 Å². The Morgan fingerprint density at radius 3 is 2.47 bits per heavy atom. The molecule has 0 heterocycles. The molecular formula is C15H9Cl2NO. The first kappa shape index (κ1) is 12.3. The van der Waals surface area contributed by atoms with Crippen molar-refractivity contribution in [1.29, 1.82) is 0 Å². The van der Waals surface area contributed by atoms with Gasteiger partial charge in [0.15, 0.2) is 0 Å². The van der Waals surface area contributed by atoms with Crippen LogP contribution in [-0.2, 0) is 4.79 Å². The average Bonchev–Trinajstić information content (AvgIpc) is 2.40. The fourth-order valence-corrected chi connectivity index (χ4v) is 2.83. The Labute approximate surface area is 119 Å². The molecule has 0 spiro atoms. The lowest BCUT2D eigenvalue weighted by atomic mass is 10.0. The van der Waals surface area contributed by atoms with Gasteiger partial charge in [-0.1, -0.05) is 47.5 Å². The van der Waals surface area contributed by atoms with E-state index >= 15 is 0 Å². The highest BCUT2D eigenvalue weighted by molar-refractivity contribution is 6.40. The lowest BCUT2D eigenvalue weighted by Gasteiger charge is -2.12. The summed E-state index contributed by atoms with van der Waals surface area (Å²) in [6.07, 6.45) is 0.651. The molecule has 19 heavy (non-hydrogen) atoms. The lowest BCUT2D eigenvalue weighted by molar-refractivity contribution is -0.105. The maximum atomic E-state index is 10.9. The van der Waals surface area contributed by atoms with E-state index in [4.69, 9.17) is 23.2 Å². The highest BCUT2D eigenvalue weighted by Gasteiger charge is 2.11. The monoisotopic (exact) mass is 289 g/mol. The van der Waals surface area contributed by atoms with E-state index in [-0.39, 0.29) is 0 Å². The first-order valence-electron chi connectivity index (χ1n) is 5.72. The molecule has 94 valence electrons. The minimum atomic E-state index is 0.601. The SMILES string of the molecule is O=CNc1c2cccc(Cl)c2cc2cccc(Cl)c12. The summed E-state index contributed by atoms with van der Waals surface area (Å²) >= 11 is 12.5. The second-order valence-electron chi connectivity index (χ2n) is 4.19. The topological polar surface area (TPSA) is 29.1 Å². The molecular weight excluding hydrogens is 281 g/mol. The van der Waals surface area contributed by atoms with Crippen LogP contribution in [0.4, 0.5) is 5.69 Å². The number of nitrogens with one attached hydrogen (secondary N) is 1. The second-order valence-corrected chi connectivity index (χ2v) is 5.00. The molecule has 0 unspecified atom stereocenters. The Morgan fingerprint density at radius 2 is 1.68 bits per heavy atom. The van der Waals surface area contributed by atoms with E-state index in [1.165, 1.54) is 0 Å². The van der Waals surface area contributed by atoms with Crippen molar-refractivity contribution < 1.29 is 4.79 Å². The van der Waals surface area contributed by atoms with Crippen LogP contribution in [0.25, 0.3) is 21.5 Å². The highest BCUT2D eigenvalue weighted by Crippen LogP contribution is 2.38. The van der Waals surface area contributed by atoms with Crippen LogP contribution in [0.1, 0.15) is 0 Å². The third kappa shape index (κ3) is 1.93. The van der Waals surface area contributed by atoms with Gasteiger partial charge in [0.2, 0.25) is 6.41 Å². The number of carbonyl (C=O) groups is 1. The molecule has 2 nitrogen and oxygen atoms in total. The fraction of sp³-hybridized carbons (Fsp3) is 0. The van der Waals surface area contributed by atoms with Crippen molar-refractivity contribution in [1.82, 2.24) is 0 Å². The summed E-state index contributed by atoms with van der Waals surface area (Å²) in [6.45, 7) is 0. The summed E-state index contributed by atoms with van der Waals surface area (Å²) in [5.74, 6) is 0. The van der Waals surface area contributed by atoms with E-state index < -0.39 is 0 Å². The Kier molecular flexibility index (Phi) is 3.05. The van der Waals surface area contributed by atoms with Gasteiger partial charge < -0.3 is 5.32 Å². The molecule has 3 rings (SSSR count). The second kappa shape index (κ2) is 4.72. The molecule has 0 saturated heterocycles. The average molecular weight is 290 g/mol. The summed E-state index contributed by atoms with van der Waals surface area (Å²) in [5.41, 5.74) is 0.690. The van der Waals surface area contributed by atoms with Crippen molar-refractivity contribution in [2.75, 3.05) is 5.32 Å². The molecule has 0 aliphatic rings. The normalized spacial score (nSPS) is 10.8. The molecule has 0 atom stereocenters. The van der Waals surface area contributed by atoms with E-state index in [1.54, 1.807) is 6.07 Å². The van der Waals surface area contributed by atoms with E-state index in [0.717, 1.165) is 21.5 Å². The first-order chi connectivity index (χ1) is 9.22. The summed E-state index contributed by atoms with van der Waals surface area (Å²) in [4.78, 5) is 10.9. The quantitative estimate of drug-likeness (QED) is 0.529. The van der Waals surface area contributed by atoms with Crippen LogP contribution in [0, 0.1) is 0 Å². The third-order valence-corrected chi connectivity index (χ3v) is 3.77. The van der Waals surface area contributed by atoms with Crippen LogP contribution in [-0.4, -0.2) is 6.41 Å². The molecule has 0 aliphatic heterocycles. The molecule has 0 bridgehead atoms. The number of benzene rings is 3. The fourth-order valence-electron chi connectivity index (χ4n) is 2.33. The molecule has 0 aromatic heterocycles. The molecule has 0 aliphatic carbocycles. The standard InChI is InChI=1S/C15H9Cl2NO/c16-12-5-2-4-10-11(12)7-9-3-1-6-13(17)14(9)15(10)18-8-19/h1-8H,(H,18,19). The van der Waals surface area contributed by atoms with E-state index in [0.29, 0.717) is 22.1 Å². The largest absolute Gasteiger partial charge is 0.328 e. The number of halogens is 2. The molecule has 3 aromatic rings. The van der Waals surface area contributed by atoms with Crippen molar-refractivity contribution in [3.05, 3.63) is 52.5 Å². The molecule has 0 radical (unpaired) electrons. The van der Waals surface area contributed by atoms with Gasteiger partial charge in [0.1, 0.15) is 0 Å². The maximum absolute atomic E-state index is 10.9. The number of fused-ring (bicyclic) bond motifs is 2. The van der Waals surface area contributed by atoms with Crippen LogP contribution >= 0.6 is 23.2 Å². The minimum Gasteiger partial charge on any atom is -0.328 e. The van der Waals surface area contributed by atoms with Gasteiger partial charge in [-0.25, -0.2) is 0 Å². The molecule has 0 fully saturated rings. The van der Waals surface area contributed by atoms with Gasteiger partial charge in [0.05, 0.1) is 10.7 Å². The van der Waals surface area contributed by atoms with Crippen molar-refractivity contribution >= 4 is 56.8 Å². The van der Waals surface area contributed by atoms with Gasteiger partial charge in [-0.15, -0.1) is 0 Å². The van der Waals surface area contributed by atoms with Gasteiger partial charge in [-0.2, -0.15) is 0 Å². The molecule has 0 saturated carbocycles. The molecule has 4 heteroatoms. The van der Waals surface area contributed by atoms with E-state index in [2.05, 4.69) is 5.32 Å². The zero-order valence-corrected chi connectivity index (χ0v) is 11.3. The number of carbonyl (C=O) groups excluding carboxylic acids is 1. The first-order valence-corrected chi connectivity index (χ1v) is 6.47. The number of hydrogen-bond acceptors (Lipinski definition) is 1. The van der Waals surface area contributed by atoms with Crippen LogP contribution in [0.2, 0.25) is 10.0 Å². The number of hydrogen-bond donors (Lipinski definition) is 1. The summed E-state index contributed by atoms with van der Waals surface area (Å²) in [6, 6.07) is 13.2. The third-order valence-electron chi connectivity index (χ3n) is 3.12. The highest BCUT2D eigenvalue weighted by atomic mass is 35.5. The Balaban J connectivity index is 2.58. The Morgan fingerprint density at radius 1 is 0.947 bits per heavy atom. The van der Waals surface area contributed by atoms with Crippen molar-refractivity contribution in [2.45, 2.75) is 0 Å². The summed E-state index contributed by atoms with van der Waals surface area (Å²) < 4.78 is 0. The van der Waals surface area contributed by atoms with Crippen LogP contribution < -0.4 is 5.32 Å². The predicted octanol–water partition coefficient (Wildman–Crippen LogP) is 4.87. The smallest absolute Gasteiger partial charge is 0.211 e. The van der Waals surface area contributed by atoms with Crippen LogP contribution in [0.5, 0.6) is 0 Å². The minimum absolute atomic E-state index is 0.601. The molecule has 3 aromatic carbocycles. The van der Waals surface area contributed by atoms with E-state index in [9.17, 15) is 4.79 Å². The van der Waals surface area contributed by atoms with Crippen molar-refractivity contribution in [3.63, 3.8) is 0 Å². The zero-order chi connectivity index (χ0) is 13.4. The van der Waals surface area contributed by atoms with E-state index in [1.807, 2.05) is 36.4 Å².